The smallest absolute Gasteiger partial charge is 0.248 e. The number of carbonyl (C=O) groups excluding carboxylic acids is 1. The molecule has 0 saturated carbocycles. The zero-order valence-corrected chi connectivity index (χ0v) is 11.4. The first-order valence-corrected chi connectivity index (χ1v) is 6.70. The Morgan fingerprint density at radius 3 is 2.65 bits per heavy atom. The molecule has 1 amide bonds. The van der Waals surface area contributed by atoms with Crippen LogP contribution in [-0.4, -0.2) is 49.7 Å². The lowest BCUT2D eigenvalue weighted by Gasteiger charge is -2.33. The molecule has 0 aromatic rings. The molecule has 0 aliphatic carbocycles. The Bertz CT molecular complexity index is 225. The lowest BCUT2D eigenvalue weighted by atomic mass is 10.0. The number of carbonyl (C=O) groups is 1. The van der Waals surface area contributed by atoms with Crippen LogP contribution in [0.5, 0.6) is 0 Å². The van der Waals surface area contributed by atoms with Crippen molar-refractivity contribution < 1.29 is 9.53 Å². The van der Waals surface area contributed by atoms with E-state index < -0.39 is 0 Å². The molecule has 1 rings (SSSR count). The van der Waals surface area contributed by atoms with Crippen molar-refractivity contribution in [3.05, 3.63) is 0 Å². The summed E-state index contributed by atoms with van der Waals surface area (Å²) in [4.78, 5) is 13.5. The molecular weight excluding hydrogens is 216 g/mol. The van der Waals surface area contributed by atoms with Gasteiger partial charge < -0.3 is 15.0 Å². The van der Waals surface area contributed by atoms with Gasteiger partial charge in [0, 0.05) is 32.3 Å². The van der Waals surface area contributed by atoms with Gasteiger partial charge in [-0.2, -0.15) is 0 Å². The third kappa shape index (κ3) is 5.04. The number of ether oxygens (including phenoxy) is 1. The van der Waals surface area contributed by atoms with Crippen molar-refractivity contribution in [2.24, 2.45) is 0 Å². The highest BCUT2D eigenvalue weighted by atomic mass is 16.5. The van der Waals surface area contributed by atoms with Crippen LogP contribution >= 0.6 is 0 Å². The molecule has 0 spiro atoms. The summed E-state index contributed by atoms with van der Waals surface area (Å²) in [5.41, 5.74) is 0. The number of nitrogens with zero attached hydrogens (tertiary/aromatic N) is 1. The molecule has 17 heavy (non-hydrogen) atoms. The molecule has 100 valence electrons. The van der Waals surface area contributed by atoms with Crippen LogP contribution in [0.1, 0.15) is 39.5 Å². The molecule has 4 heteroatoms. The molecule has 1 aliphatic heterocycles. The number of piperidine rings is 1. The van der Waals surface area contributed by atoms with Gasteiger partial charge in [-0.3, -0.25) is 4.79 Å². The van der Waals surface area contributed by atoms with Gasteiger partial charge in [-0.1, -0.05) is 13.3 Å². The Balaban J connectivity index is 2.23. The summed E-state index contributed by atoms with van der Waals surface area (Å²) in [6.07, 6.45) is 4.56. The van der Waals surface area contributed by atoms with Crippen molar-refractivity contribution in [1.29, 1.82) is 0 Å². The molecule has 0 bridgehead atoms. The second kappa shape index (κ2) is 7.67. The fraction of sp³-hybridized carbons (Fsp3) is 0.923. The number of nitrogens with one attached hydrogen (secondary N) is 1. The summed E-state index contributed by atoms with van der Waals surface area (Å²) in [5, 5.41) is 3.64. The number of methoxy groups -OCH3 is 1. The summed E-state index contributed by atoms with van der Waals surface area (Å²) in [6, 6.07) is 1.16. The fourth-order valence-corrected chi connectivity index (χ4v) is 2.43. The van der Waals surface area contributed by atoms with Crippen LogP contribution in [0.15, 0.2) is 0 Å². The van der Waals surface area contributed by atoms with Gasteiger partial charge in [-0.05, 0) is 26.2 Å². The number of amides is 1. The van der Waals surface area contributed by atoms with Gasteiger partial charge in [-0.15, -0.1) is 0 Å². The standard InChI is InChI=1S/C13H26N2O2/c1-4-5-11(2)14-12-6-8-15(9-7-12)13(16)10-17-3/h11-12,14H,4-10H2,1-3H3. The first kappa shape index (κ1) is 14.5. The maximum atomic E-state index is 11.6. The van der Waals surface area contributed by atoms with E-state index in [1.54, 1.807) is 7.11 Å². The topological polar surface area (TPSA) is 41.6 Å². The minimum Gasteiger partial charge on any atom is -0.375 e. The van der Waals surface area contributed by atoms with Crippen molar-refractivity contribution in [2.75, 3.05) is 26.8 Å². The zero-order chi connectivity index (χ0) is 12.7. The Labute approximate surface area is 105 Å². The maximum absolute atomic E-state index is 11.6. The van der Waals surface area contributed by atoms with Crippen molar-refractivity contribution >= 4 is 5.91 Å². The highest BCUT2D eigenvalue weighted by Crippen LogP contribution is 2.12. The summed E-state index contributed by atoms with van der Waals surface area (Å²) in [5.74, 6) is 0.118. The predicted molar refractivity (Wildman–Crippen MR) is 69.0 cm³/mol. The second-order valence-corrected chi connectivity index (χ2v) is 4.94. The Kier molecular flexibility index (Phi) is 6.52. The molecule has 1 atom stereocenters. The highest BCUT2D eigenvalue weighted by molar-refractivity contribution is 5.77. The van der Waals surface area contributed by atoms with Gasteiger partial charge in [0.25, 0.3) is 0 Å². The van der Waals surface area contributed by atoms with Gasteiger partial charge in [0.2, 0.25) is 5.91 Å². The Morgan fingerprint density at radius 1 is 1.47 bits per heavy atom. The monoisotopic (exact) mass is 242 g/mol. The predicted octanol–water partition coefficient (Wildman–Crippen LogP) is 1.40. The summed E-state index contributed by atoms with van der Waals surface area (Å²) in [7, 11) is 1.57. The lowest BCUT2D eigenvalue weighted by molar-refractivity contribution is -0.136. The van der Waals surface area contributed by atoms with Crippen LogP contribution in [0.2, 0.25) is 0 Å². The SMILES string of the molecule is CCCC(C)NC1CCN(C(=O)COC)CC1. The normalized spacial score (nSPS) is 19.4. The largest absolute Gasteiger partial charge is 0.375 e. The van der Waals surface area contributed by atoms with Gasteiger partial charge >= 0.3 is 0 Å². The minimum atomic E-state index is 0.118. The highest BCUT2D eigenvalue weighted by Gasteiger charge is 2.22. The molecule has 0 aromatic heterocycles. The van der Waals surface area contributed by atoms with Crippen LogP contribution in [0.25, 0.3) is 0 Å². The number of hydrogen-bond donors (Lipinski definition) is 1. The third-order valence-corrected chi connectivity index (χ3v) is 3.36. The molecular formula is C13H26N2O2. The van der Waals surface area contributed by atoms with Crippen LogP contribution in [-0.2, 0) is 9.53 Å². The number of hydrogen-bond acceptors (Lipinski definition) is 3. The number of rotatable bonds is 6. The van der Waals surface area contributed by atoms with E-state index in [1.165, 1.54) is 12.8 Å². The van der Waals surface area contributed by atoms with Gasteiger partial charge in [0.05, 0.1) is 0 Å². The minimum absolute atomic E-state index is 0.118. The van der Waals surface area contributed by atoms with Crippen LogP contribution < -0.4 is 5.32 Å². The average Bonchev–Trinajstić information content (AvgIpc) is 2.30. The van der Waals surface area contributed by atoms with Gasteiger partial charge in [0.1, 0.15) is 6.61 Å². The van der Waals surface area contributed by atoms with Crippen molar-refractivity contribution in [3.8, 4) is 0 Å². The average molecular weight is 242 g/mol. The molecule has 1 heterocycles. The van der Waals surface area contributed by atoms with E-state index in [2.05, 4.69) is 19.2 Å². The molecule has 1 N–H and O–H groups in total. The number of likely N-dealkylation sites (tertiary alicyclic amines) is 1. The summed E-state index contributed by atoms with van der Waals surface area (Å²) >= 11 is 0. The summed E-state index contributed by atoms with van der Waals surface area (Å²) in [6.45, 7) is 6.39. The van der Waals surface area contributed by atoms with Gasteiger partial charge in [0.15, 0.2) is 0 Å². The van der Waals surface area contributed by atoms with E-state index in [0.717, 1.165) is 25.9 Å². The second-order valence-electron chi connectivity index (χ2n) is 4.94. The molecule has 1 saturated heterocycles. The zero-order valence-electron chi connectivity index (χ0n) is 11.4. The Morgan fingerprint density at radius 2 is 2.12 bits per heavy atom. The van der Waals surface area contributed by atoms with E-state index in [9.17, 15) is 4.79 Å². The van der Waals surface area contributed by atoms with E-state index in [0.29, 0.717) is 12.1 Å². The van der Waals surface area contributed by atoms with Crippen molar-refractivity contribution in [2.45, 2.75) is 51.6 Å². The molecule has 0 aromatic carbocycles. The lowest BCUT2D eigenvalue weighted by Crippen LogP contribution is -2.47. The Hall–Kier alpha value is -0.610. The van der Waals surface area contributed by atoms with E-state index in [-0.39, 0.29) is 12.5 Å². The molecule has 1 fully saturated rings. The third-order valence-electron chi connectivity index (χ3n) is 3.36. The summed E-state index contributed by atoms with van der Waals surface area (Å²) < 4.78 is 4.87. The molecule has 1 unspecified atom stereocenters. The first-order valence-electron chi connectivity index (χ1n) is 6.70. The van der Waals surface area contributed by atoms with Crippen LogP contribution in [0, 0.1) is 0 Å². The van der Waals surface area contributed by atoms with E-state index in [4.69, 9.17) is 4.74 Å². The quantitative estimate of drug-likeness (QED) is 0.765. The van der Waals surface area contributed by atoms with Gasteiger partial charge in [-0.25, -0.2) is 0 Å². The molecule has 0 radical (unpaired) electrons. The molecule has 1 aliphatic rings. The molecule has 4 nitrogen and oxygen atoms in total. The maximum Gasteiger partial charge on any atom is 0.248 e. The van der Waals surface area contributed by atoms with Crippen molar-refractivity contribution in [3.63, 3.8) is 0 Å². The first-order chi connectivity index (χ1) is 8.17. The van der Waals surface area contributed by atoms with E-state index in [1.807, 2.05) is 4.90 Å². The van der Waals surface area contributed by atoms with Crippen LogP contribution in [0.4, 0.5) is 0 Å². The van der Waals surface area contributed by atoms with E-state index >= 15 is 0 Å². The van der Waals surface area contributed by atoms with Crippen molar-refractivity contribution in [1.82, 2.24) is 10.2 Å². The van der Waals surface area contributed by atoms with Crippen LogP contribution in [0.3, 0.4) is 0 Å². The fourth-order valence-electron chi connectivity index (χ4n) is 2.43.